The van der Waals surface area contributed by atoms with Crippen LogP contribution in [0.4, 0.5) is 16.2 Å². The standard InChI is InChI=1S/C25H29N9O4/c1-15-5-6-16(22-29-31-34(30-22)18-12-32(13-18)24(36)38-4)9-20(15)28-23(35)19-11-27-33-8-7-17(10-21(19)33)26-14-25(2,3)37/h5-11,18,26,37H,12-14H2,1-4H3,(H,28,35). The predicted molar refractivity (Wildman–Crippen MR) is 139 cm³/mol. The number of tetrazole rings is 1. The first kappa shape index (κ1) is 25.1. The van der Waals surface area contributed by atoms with Crippen LogP contribution in [-0.4, -0.2) is 84.2 Å². The summed E-state index contributed by atoms with van der Waals surface area (Å²) in [7, 11) is 1.35. The van der Waals surface area contributed by atoms with Gasteiger partial charge in [-0.25, -0.2) is 9.31 Å². The van der Waals surface area contributed by atoms with Gasteiger partial charge in [-0.05, 0) is 49.7 Å². The molecule has 0 saturated carbocycles. The van der Waals surface area contributed by atoms with Crippen LogP contribution in [0.2, 0.25) is 0 Å². The fourth-order valence-corrected chi connectivity index (χ4v) is 4.04. The highest BCUT2D eigenvalue weighted by Crippen LogP contribution is 2.26. The number of amides is 2. The van der Waals surface area contributed by atoms with Crippen LogP contribution >= 0.6 is 0 Å². The van der Waals surface area contributed by atoms with Crippen LogP contribution in [-0.2, 0) is 4.74 Å². The van der Waals surface area contributed by atoms with Crippen LogP contribution in [0.5, 0.6) is 0 Å². The van der Waals surface area contributed by atoms with E-state index in [1.807, 2.05) is 31.2 Å². The first-order valence-electron chi connectivity index (χ1n) is 12.1. The molecular formula is C25H29N9O4. The molecule has 1 aliphatic heterocycles. The van der Waals surface area contributed by atoms with Crippen LogP contribution in [0.3, 0.4) is 0 Å². The van der Waals surface area contributed by atoms with E-state index in [1.165, 1.54) is 18.1 Å². The van der Waals surface area contributed by atoms with E-state index in [0.29, 0.717) is 47.8 Å². The van der Waals surface area contributed by atoms with Gasteiger partial charge < -0.3 is 25.4 Å². The predicted octanol–water partition coefficient (Wildman–Crippen LogP) is 2.35. The maximum absolute atomic E-state index is 13.3. The molecule has 2 amide bonds. The summed E-state index contributed by atoms with van der Waals surface area (Å²) in [5, 5.41) is 33.2. The molecule has 1 fully saturated rings. The van der Waals surface area contributed by atoms with Gasteiger partial charge in [-0.15, -0.1) is 10.2 Å². The van der Waals surface area contributed by atoms with Gasteiger partial charge >= 0.3 is 6.09 Å². The molecule has 4 aromatic rings. The van der Waals surface area contributed by atoms with Gasteiger partial charge in [-0.1, -0.05) is 12.1 Å². The third-order valence-corrected chi connectivity index (χ3v) is 6.29. The van der Waals surface area contributed by atoms with Crippen molar-refractivity contribution in [1.29, 1.82) is 0 Å². The van der Waals surface area contributed by atoms with E-state index in [1.54, 1.807) is 35.5 Å². The molecule has 0 aliphatic carbocycles. The quantitative estimate of drug-likeness (QED) is 0.334. The van der Waals surface area contributed by atoms with Crippen molar-refractivity contribution in [2.45, 2.75) is 32.4 Å². The minimum absolute atomic E-state index is 0.0709. The van der Waals surface area contributed by atoms with Crippen LogP contribution in [0.15, 0.2) is 42.7 Å². The van der Waals surface area contributed by atoms with E-state index < -0.39 is 5.60 Å². The number of benzene rings is 1. The molecule has 13 nitrogen and oxygen atoms in total. The third kappa shape index (κ3) is 5.13. The Hall–Kier alpha value is -4.52. The number of aliphatic hydroxyl groups is 1. The highest BCUT2D eigenvalue weighted by molar-refractivity contribution is 6.09. The number of hydrogen-bond acceptors (Lipinski definition) is 9. The van der Waals surface area contributed by atoms with Gasteiger partial charge in [-0.3, -0.25) is 4.79 Å². The number of methoxy groups -OCH3 is 1. The maximum Gasteiger partial charge on any atom is 0.409 e. The lowest BCUT2D eigenvalue weighted by molar-refractivity contribution is 0.0621. The van der Waals surface area contributed by atoms with Crippen LogP contribution in [0.25, 0.3) is 16.9 Å². The summed E-state index contributed by atoms with van der Waals surface area (Å²) < 4.78 is 6.34. The number of pyridine rings is 1. The zero-order valence-corrected chi connectivity index (χ0v) is 21.5. The maximum atomic E-state index is 13.3. The van der Waals surface area contributed by atoms with Crippen molar-refractivity contribution < 1.29 is 19.4 Å². The van der Waals surface area contributed by atoms with E-state index in [2.05, 4.69) is 31.1 Å². The molecule has 5 rings (SSSR count). The van der Waals surface area contributed by atoms with Gasteiger partial charge in [0.25, 0.3) is 5.91 Å². The van der Waals surface area contributed by atoms with Crippen molar-refractivity contribution in [3.05, 3.63) is 53.9 Å². The normalized spacial score (nSPS) is 13.9. The molecule has 1 aliphatic rings. The second-order valence-corrected chi connectivity index (χ2v) is 9.92. The van der Waals surface area contributed by atoms with Gasteiger partial charge in [-0.2, -0.15) is 9.90 Å². The summed E-state index contributed by atoms with van der Waals surface area (Å²) in [5.41, 5.74) is 3.10. The van der Waals surface area contributed by atoms with Gasteiger partial charge in [0.1, 0.15) is 6.04 Å². The molecule has 198 valence electrons. The summed E-state index contributed by atoms with van der Waals surface area (Å²) in [6.07, 6.45) is 2.90. The lowest BCUT2D eigenvalue weighted by Gasteiger charge is -2.36. The lowest BCUT2D eigenvalue weighted by Crippen LogP contribution is -2.51. The zero-order chi connectivity index (χ0) is 27.0. The van der Waals surface area contributed by atoms with Gasteiger partial charge in [0.2, 0.25) is 5.82 Å². The van der Waals surface area contributed by atoms with Crippen molar-refractivity contribution in [2.75, 3.05) is 37.4 Å². The lowest BCUT2D eigenvalue weighted by atomic mass is 10.1. The number of anilines is 2. The molecule has 4 heterocycles. The molecule has 0 radical (unpaired) electrons. The second-order valence-electron chi connectivity index (χ2n) is 9.92. The number of carbonyl (C=O) groups is 2. The van der Waals surface area contributed by atoms with Gasteiger partial charge in [0.15, 0.2) is 0 Å². The number of hydrogen-bond donors (Lipinski definition) is 3. The van der Waals surface area contributed by atoms with Crippen molar-refractivity contribution >= 4 is 28.9 Å². The first-order valence-corrected chi connectivity index (χ1v) is 12.1. The van der Waals surface area contributed by atoms with E-state index in [9.17, 15) is 14.7 Å². The molecule has 3 N–H and O–H groups in total. The average molecular weight is 520 g/mol. The smallest absolute Gasteiger partial charge is 0.409 e. The van der Waals surface area contributed by atoms with E-state index in [0.717, 1.165) is 11.3 Å². The van der Waals surface area contributed by atoms with Crippen LogP contribution in [0.1, 0.15) is 35.8 Å². The largest absolute Gasteiger partial charge is 0.453 e. The van der Waals surface area contributed by atoms with Gasteiger partial charge in [0, 0.05) is 29.7 Å². The van der Waals surface area contributed by atoms with Crippen molar-refractivity contribution in [2.24, 2.45) is 0 Å². The number of nitrogens with zero attached hydrogens (tertiary/aromatic N) is 7. The van der Waals surface area contributed by atoms with E-state index in [-0.39, 0.29) is 18.0 Å². The molecular weight excluding hydrogens is 490 g/mol. The van der Waals surface area contributed by atoms with E-state index in [4.69, 9.17) is 4.74 Å². The molecule has 13 heteroatoms. The molecule has 38 heavy (non-hydrogen) atoms. The third-order valence-electron chi connectivity index (χ3n) is 6.29. The first-order chi connectivity index (χ1) is 18.1. The fraction of sp³-hybridized carbons (Fsp3) is 0.360. The Kier molecular flexibility index (Phi) is 6.45. The Morgan fingerprint density at radius 1 is 1.21 bits per heavy atom. The Labute approximate surface area is 218 Å². The molecule has 0 atom stereocenters. The Balaban J connectivity index is 1.32. The van der Waals surface area contributed by atoms with Crippen molar-refractivity contribution in [3.8, 4) is 11.4 Å². The summed E-state index contributed by atoms with van der Waals surface area (Å²) in [6, 6.07) is 9.13. The molecule has 1 aromatic carbocycles. The fourth-order valence-electron chi connectivity index (χ4n) is 4.04. The minimum Gasteiger partial charge on any atom is -0.453 e. The summed E-state index contributed by atoms with van der Waals surface area (Å²) in [6.45, 7) is 6.59. The topological polar surface area (TPSA) is 152 Å². The number of rotatable bonds is 7. The second kappa shape index (κ2) is 9.74. The molecule has 1 saturated heterocycles. The monoisotopic (exact) mass is 519 g/mol. The van der Waals surface area contributed by atoms with Crippen LogP contribution < -0.4 is 10.6 Å². The zero-order valence-electron chi connectivity index (χ0n) is 21.5. The number of fused-ring (bicyclic) bond motifs is 1. The summed E-state index contributed by atoms with van der Waals surface area (Å²) >= 11 is 0. The summed E-state index contributed by atoms with van der Waals surface area (Å²) in [5.74, 6) is 0.101. The number of aryl methyl sites for hydroxylation is 1. The molecule has 0 bridgehead atoms. The Morgan fingerprint density at radius 3 is 2.74 bits per heavy atom. The number of likely N-dealkylation sites (tertiary alicyclic amines) is 1. The van der Waals surface area contributed by atoms with Crippen molar-refractivity contribution in [3.63, 3.8) is 0 Å². The highest BCUT2D eigenvalue weighted by atomic mass is 16.5. The SMILES string of the molecule is COC(=O)N1CC(n2nnc(-c3ccc(C)c(NC(=O)c4cnn5ccc(NCC(C)(C)O)cc45)c3)n2)C1. The number of carbonyl (C=O) groups excluding carboxylic acids is 2. The Morgan fingerprint density at radius 2 is 2.00 bits per heavy atom. The molecule has 0 unspecified atom stereocenters. The van der Waals surface area contributed by atoms with Gasteiger partial charge in [0.05, 0.1) is 43.1 Å². The molecule has 0 spiro atoms. The highest BCUT2D eigenvalue weighted by Gasteiger charge is 2.34. The van der Waals surface area contributed by atoms with E-state index >= 15 is 0 Å². The number of ether oxygens (including phenoxy) is 1. The molecule has 3 aromatic heterocycles. The minimum atomic E-state index is -0.878. The average Bonchev–Trinajstić information content (AvgIpc) is 3.50. The van der Waals surface area contributed by atoms with Crippen molar-refractivity contribution in [1.82, 2.24) is 34.7 Å². The number of nitrogens with one attached hydrogen (secondary N) is 2. The Bertz CT molecular complexity index is 1500. The summed E-state index contributed by atoms with van der Waals surface area (Å²) in [4.78, 5) is 27.9. The van der Waals surface area contributed by atoms with Crippen LogP contribution in [0, 0.1) is 6.92 Å². The number of aromatic nitrogens is 6.